The van der Waals surface area contributed by atoms with Gasteiger partial charge >= 0.3 is 0 Å². The van der Waals surface area contributed by atoms with Gasteiger partial charge in [-0.05, 0) is 49.1 Å². The number of hydrogen-bond acceptors (Lipinski definition) is 4. The molecule has 0 unspecified atom stereocenters. The number of hydrogen-bond donors (Lipinski definition) is 1. The van der Waals surface area contributed by atoms with Crippen molar-refractivity contribution >= 4 is 10.0 Å². The Kier molecular flexibility index (Phi) is 6.88. The van der Waals surface area contributed by atoms with Gasteiger partial charge in [-0.2, -0.15) is 0 Å². The molecule has 1 N–H and O–H groups in total. The second kappa shape index (κ2) is 9.35. The van der Waals surface area contributed by atoms with Gasteiger partial charge in [-0.3, -0.25) is 0 Å². The van der Waals surface area contributed by atoms with E-state index in [0.29, 0.717) is 18.2 Å². The predicted octanol–water partition coefficient (Wildman–Crippen LogP) is 2.78. The minimum atomic E-state index is -3.32. The van der Waals surface area contributed by atoms with Gasteiger partial charge in [-0.25, -0.2) is 13.1 Å². The first-order chi connectivity index (χ1) is 13.0. The van der Waals surface area contributed by atoms with Gasteiger partial charge in [-0.15, -0.1) is 0 Å². The van der Waals surface area contributed by atoms with Crippen molar-refractivity contribution < 1.29 is 13.2 Å². The summed E-state index contributed by atoms with van der Waals surface area (Å²) in [4.78, 5) is 2.33. The Morgan fingerprint density at radius 2 is 1.85 bits per heavy atom. The molecule has 27 heavy (non-hydrogen) atoms. The molecule has 0 aliphatic carbocycles. The molecule has 0 amide bonds. The summed E-state index contributed by atoms with van der Waals surface area (Å²) in [5, 5.41) is 0. The van der Waals surface area contributed by atoms with Crippen molar-refractivity contribution in [1.29, 1.82) is 0 Å². The van der Waals surface area contributed by atoms with Crippen LogP contribution in [0.4, 0.5) is 0 Å². The molecule has 1 fully saturated rings. The van der Waals surface area contributed by atoms with Gasteiger partial charge in [0.15, 0.2) is 0 Å². The summed E-state index contributed by atoms with van der Waals surface area (Å²) < 4.78 is 32.4. The fourth-order valence-corrected chi connectivity index (χ4v) is 4.40. The van der Waals surface area contributed by atoms with Crippen LogP contribution in [0.2, 0.25) is 0 Å². The predicted molar refractivity (Wildman–Crippen MR) is 109 cm³/mol. The first-order valence-electron chi connectivity index (χ1n) is 9.46. The third-order valence-electron chi connectivity index (χ3n) is 5.01. The van der Waals surface area contributed by atoms with Crippen molar-refractivity contribution in [2.24, 2.45) is 0 Å². The molecule has 3 rings (SSSR count). The Bertz CT molecular complexity index is 824. The molecule has 5 nitrogen and oxygen atoms in total. The molecule has 0 radical (unpaired) electrons. The van der Waals surface area contributed by atoms with Crippen LogP contribution < -0.4 is 9.46 Å². The second-order valence-corrected chi connectivity index (χ2v) is 8.94. The number of aryl methyl sites for hydroxylation is 1. The van der Waals surface area contributed by atoms with Crippen molar-refractivity contribution in [3.05, 3.63) is 65.7 Å². The number of benzene rings is 2. The molecule has 1 saturated heterocycles. The zero-order valence-electron chi connectivity index (χ0n) is 15.8. The van der Waals surface area contributed by atoms with E-state index < -0.39 is 10.0 Å². The molecule has 1 heterocycles. The van der Waals surface area contributed by atoms with Crippen LogP contribution in [0.15, 0.2) is 54.6 Å². The zero-order chi connectivity index (χ0) is 19.1. The number of nitrogens with one attached hydrogen (secondary N) is 1. The topological polar surface area (TPSA) is 58.6 Å². The third-order valence-corrected chi connectivity index (χ3v) is 6.36. The van der Waals surface area contributed by atoms with Gasteiger partial charge in [0, 0.05) is 19.6 Å². The van der Waals surface area contributed by atoms with Crippen LogP contribution in [-0.2, 0) is 10.0 Å². The molecule has 1 aliphatic heterocycles. The Morgan fingerprint density at radius 3 is 2.63 bits per heavy atom. The molecular formula is C21H28N2O3S. The van der Waals surface area contributed by atoms with E-state index in [0.717, 1.165) is 26.1 Å². The van der Waals surface area contributed by atoms with E-state index >= 15 is 0 Å². The lowest BCUT2D eigenvalue weighted by atomic mass is 9.94. The average Bonchev–Trinajstić information content (AvgIpc) is 3.11. The average molecular weight is 389 g/mol. The minimum Gasteiger partial charge on any atom is -0.492 e. The van der Waals surface area contributed by atoms with Crippen LogP contribution in [0.1, 0.15) is 23.5 Å². The Morgan fingerprint density at radius 1 is 1.11 bits per heavy atom. The normalized spacial score (nSPS) is 17.9. The van der Waals surface area contributed by atoms with Gasteiger partial charge in [0.25, 0.3) is 0 Å². The summed E-state index contributed by atoms with van der Waals surface area (Å²) >= 11 is 0. The van der Waals surface area contributed by atoms with Crippen LogP contribution in [0.5, 0.6) is 5.75 Å². The molecule has 0 spiro atoms. The van der Waals surface area contributed by atoms with Gasteiger partial charge in [-0.1, -0.05) is 42.5 Å². The van der Waals surface area contributed by atoms with Crippen molar-refractivity contribution in [3.63, 3.8) is 0 Å². The van der Waals surface area contributed by atoms with Crippen molar-refractivity contribution in [3.8, 4) is 5.75 Å². The van der Waals surface area contributed by atoms with Gasteiger partial charge in [0.05, 0.1) is 5.75 Å². The summed E-state index contributed by atoms with van der Waals surface area (Å²) in [7, 11) is -3.32. The van der Waals surface area contributed by atoms with E-state index in [1.54, 1.807) is 0 Å². The van der Waals surface area contributed by atoms with Crippen molar-refractivity contribution in [1.82, 2.24) is 9.62 Å². The molecule has 6 heteroatoms. The number of ether oxygens (including phenoxy) is 1. The van der Waals surface area contributed by atoms with Gasteiger partial charge < -0.3 is 9.64 Å². The summed E-state index contributed by atoms with van der Waals surface area (Å²) in [5.74, 6) is 1.20. The van der Waals surface area contributed by atoms with E-state index in [9.17, 15) is 8.42 Å². The standard InChI is InChI=1S/C21H28N2O3S/c1-18-7-5-6-10-21(18)19-11-13-23(17-19)14-12-22-27(24,25)16-15-26-20-8-3-2-4-9-20/h2-10,19,22H,11-17H2,1H3/t19-/m0/s1. The van der Waals surface area contributed by atoms with E-state index in [1.807, 2.05) is 30.3 Å². The minimum absolute atomic E-state index is 0.0340. The molecule has 0 aromatic heterocycles. The lowest BCUT2D eigenvalue weighted by molar-refractivity contribution is 0.334. The fourth-order valence-electron chi connectivity index (χ4n) is 3.55. The molecular weight excluding hydrogens is 360 g/mol. The SMILES string of the molecule is Cc1ccccc1[C@H]1CCN(CCNS(=O)(=O)CCOc2ccccc2)C1. The highest BCUT2D eigenvalue weighted by molar-refractivity contribution is 7.89. The number of sulfonamides is 1. The van der Waals surface area contributed by atoms with Crippen LogP contribution in [-0.4, -0.2) is 51.9 Å². The fraction of sp³-hybridized carbons (Fsp3) is 0.429. The number of rotatable bonds is 9. The Labute approximate surface area is 162 Å². The summed E-state index contributed by atoms with van der Waals surface area (Å²) in [5.41, 5.74) is 2.75. The molecule has 146 valence electrons. The Hall–Kier alpha value is -1.89. The lowest BCUT2D eigenvalue weighted by Gasteiger charge is -2.17. The molecule has 1 aliphatic rings. The van der Waals surface area contributed by atoms with E-state index in [1.165, 1.54) is 11.1 Å². The van der Waals surface area contributed by atoms with Crippen molar-refractivity contribution in [2.75, 3.05) is 38.5 Å². The second-order valence-electron chi connectivity index (χ2n) is 7.02. The number of nitrogens with zero attached hydrogens (tertiary/aromatic N) is 1. The van der Waals surface area contributed by atoms with Crippen LogP contribution in [0, 0.1) is 6.92 Å². The first-order valence-corrected chi connectivity index (χ1v) is 11.1. The van der Waals surface area contributed by atoms with E-state index in [-0.39, 0.29) is 12.4 Å². The molecule has 0 saturated carbocycles. The van der Waals surface area contributed by atoms with Crippen LogP contribution >= 0.6 is 0 Å². The third kappa shape index (κ3) is 6.06. The molecule has 2 aromatic carbocycles. The number of likely N-dealkylation sites (tertiary alicyclic amines) is 1. The lowest BCUT2D eigenvalue weighted by Crippen LogP contribution is -2.36. The van der Waals surface area contributed by atoms with Gasteiger partial charge in [0.2, 0.25) is 10.0 Å². The maximum absolute atomic E-state index is 12.1. The number of para-hydroxylation sites is 1. The van der Waals surface area contributed by atoms with E-state index in [2.05, 4.69) is 40.8 Å². The first kappa shape index (κ1) is 19.9. The van der Waals surface area contributed by atoms with Crippen LogP contribution in [0.25, 0.3) is 0 Å². The van der Waals surface area contributed by atoms with Crippen molar-refractivity contribution in [2.45, 2.75) is 19.3 Å². The largest absolute Gasteiger partial charge is 0.492 e. The van der Waals surface area contributed by atoms with E-state index in [4.69, 9.17) is 4.74 Å². The van der Waals surface area contributed by atoms with Gasteiger partial charge in [0.1, 0.15) is 12.4 Å². The zero-order valence-corrected chi connectivity index (χ0v) is 16.6. The monoisotopic (exact) mass is 388 g/mol. The highest BCUT2D eigenvalue weighted by atomic mass is 32.2. The maximum atomic E-state index is 12.1. The smallest absolute Gasteiger partial charge is 0.214 e. The summed E-state index contributed by atoms with van der Waals surface area (Å²) in [6.45, 7) is 5.49. The highest BCUT2D eigenvalue weighted by Crippen LogP contribution is 2.28. The Balaban J connectivity index is 1.37. The van der Waals surface area contributed by atoms with Crippen LogP contribution in [0.3, 0.4) is 0 Å². The molecule has 0 bridgehead atoms. The molecule has 2 aromatic rings. The maximum Gasteiger partial charge on any atom is 0.214 e. The summed E-state index contributed by atoms with van der Waals surface area (Å²) in [6.07, 6.45) is 1.13. The molecule has 1 atom stereocenters. The quantitative estimate of drug-likeness (QED) is 0.718. The highest BCUT2D eigenvalue weighted by Gasteiger charge is 2.24. The summed E-state index contributed by atoms with van der Waals surface area (Å²) in [6, 6.07) is 17.8.